The van der Waals surface area contributed by atoms with E-state index >= 15 is 0 Å². The topological polar surface area (TPSA) is 39.1 Å². The number of likely N-dealkylation sites (tertiary alicyclic amines) is 1. The van der Waals surface area contributed by atoms with Gasteiger partial charge in [0.15, 0.2) is 0 Å². The van der Waals surface area contributed by atoms with E-state index in [-0.39, 0.29) is 17.4 Å². The molecule has 3 nitrogen and oxygen atoms in total. The zero-order valence-corrected chi connectivity index (χ0v) is 13.8. The van der Waals surface area contributed by atoms with Crippen LogP contribution in [0.25, 0.3) is 0 Å². The number of halogens is 3. The van der Waals surface area contributed by atoms with Gasteiger partial charge in [0.1, 0.15) is 0 Å². The molecule has 1 aliphatic heterocycles. The molecule has 0 atom stereocenters. The van der Waals surface area contributed by atoms with E-state index in [1.807, 2.05) is 6.07 Å². The Labute approximate surface area is 139 Å². The molecular formula is C16H20F3N3S. The molecule has 1 heterocycles. The second kappa shape index (κ2) is 7.45. The summed E-state index contributed by atoms with van der Waals surface area (Å²) in [5, 5.41) is 8.87. The lowest BCUT2D eigenvalue weighted by Gasteiger charge is -2.38. The van der Waals surface area contributed by atoms with E-state index in [0.29, 0.717) is 12.1 Å². The van der Waals surface area contributed by atoms with Crippen LogP contribution in [-0.4, -0.2) is 23.5 Å². The molecule has 7 heteroatoms. The van der Waals surface area contributed by atoms with Gasteiger partial charge >= 0.3 is 5.51 Å². The van der Waals surface area contributed by atoms with Crippen molar-refractivity contribution in [2.45, 2.75) is 38.2 Å². The van der Waals surface area contributed by atoms with Gasteiger partial charge in [-0.15, -0.1) is 0 Å². The van der Waals surface area contributed by atoms with Crippen LogP contribution in [0.5, 0.6) is 0 Å². The van der Waals surface area contributed by atoms with Crippen LogP contribution in [0.3, 0.4) is 0 Å². The number of alkyl halides is 3. The molecule has 0 aliphatic carbocycles. The van der Waals surface area contributed by atoms with Gasteiger partial charge in [-0.25, -0.2) is 0 Å². The molecule has 0 bridgehead atoms. The molecule has 1 aliphatic rings. The average molecular weight is 343 g/mol. The predicted molar refractivity (Wildman–Crippen MR) is 86.6 cm³/mol. The van der Waals surface area contributed by atoms with Crippen molar-refractivity contribution in [1.29, 1.82) is 5.26 Å². The quantitative estimate of drug-likeness (QED) is 0.781. The van der Waals surface area contributed by atoms with Gasteiger partial charge in [-0.1, -0.05) is 19.1 Å². The molecule has 0 radical (unpaired) electrons. The normalized spacial score (nSPS) is 18.4. The molecule has 1 saturated heterocycles. The van der Waals surface area contributed by atoms with Crippen LogP contribution in [-0.2, 0) is 6.54 Å². The van der Waals surface area contributed by atoms with Gasteiger partial charge in [0.2, 0.25) is 0 Å². The van der Waals surface area contributed by atoms with Crippen molar-refractivity contribution < 1.29 is 13.2 Å². The van der Waals surface area contributed by atoms with Crippen LogP contribution in [0.15, 0.2) is 24.3 Å². The van der Waals surface area contributed by atoms with Gasteiger partial charge in [0.05, 0.1) is 18.0 Å². The molecule has 126 valence electrons. The third kappa shape index (κ3) is 5.96. The van der Waals surface area contributed by atoms with Gasteiger partial charge in [-0.2, -0.15) is 18.4 Å². The minimum absolute atomic E-state index is 0.0952. The Morgan fingerprint density at radius 2 is 2.04 bits per heavy atom. The van der Waals surface area contributed by atoms with Crippen LogP contribution >= 0.6 is 11.9 Å². The van der Waals surface area contributed by atoms with Crippen LogP contribution in [0.1, 0.15) is 31.7 Å². The zero-order chi connectivity index (χ0) is 16.9. The van der Waals surface area contributed by atoms with E-state index in [2.05, 4.69) is 22.6 Å². The van der Waals surface area contributed by atoms with Gasteiger partial charge < -0.3 is 4.72 Å². The van der Waals surface area contributed by atoms with Crippen LogP contribution in [0.2, 0.25) is 0 Å². The Balaban J connectivity index is 1.88. The second-order valence-electron chi connectivity index (χ2n) is 6.27. The summed E-state index contributed by atoms with van der Waals surface area (Å²) < 4.78 is 39.0. The van der Waals surface area contributed by atoms with Crippen molar-refractivity contribution in [3.8, 4) is 6.07 Å². The second-order valence-corrected chi connectivity index (χ2v) is 7.14. The van der Waals surface area contributed by atoms with E-state index in [4.69, 9.17) is 5.26 Å². The number of hydrogen-bond acceptors (Lipinski definition) is 4. The first-order valence-electron chi connectivity index (χ1n) is 7.49. The molecule has 0 aromatic heterocycles. The van der Waals surface area contributed by atoms with Crippen molar-refractivity contribution in [2.75, 3.05) is 17.8 Å². The van der Waals surface area contributed by atoms with E-state index < -0.39 is 5.51 Å². The number of nitriles is 1. The smallest absolute Gasteiger partial charge is 0.323 e. The summed E-state index contributed by atoms with van der Waals surface area (Å²) in [4.78, 5) is 2.29. The van der Waals surface area contributed by atoms with Crippen LogP contribution in [0, 0.1) is 16.7 Å². The Morgan fingerprint density at radius 3 is 2.65 bits per heavy atom. The molecule has 1 aromatic carbocycles. The Hall–Kier alpha value is -1.39. The first-order chi connectivity index (χ1) is 10.8. The van der Waals surface area contributed by atoms with Crippen molar-refractivity contribution in [3.63, 3.8) is 0 Å². The monoisotopic (exact) mass is 343 g/mol. The summed E-state index contributed by atoms with van der Waals surface area (Å²) in [6, 6.07) is 9.32. The van der Waals surface area contributed by atoms with Gasteiger partial charge in [0.25, 0.3) is 0 Å². The first kappa shape index (κ1) is 18.0. The molecule has 1 aromatic rings. The van der Waals surface area contributed by atoms with Crippen LogP contribution in [0.4, 0.5) is 18.9 Å². The Morgan fingerprint density at radius 1 is 1.35 bits per heavy atom. The number of anilines is 1. The fourth-order valence-electron chi connectivity index (χ4n) is 2.73. The fraction of sp³-hybridized carbons (Fsp3) is 0.562. The van der Waals surface area contributed by atoms with Crippen molar-refractivity contribution >= 4 is 17.6 Å². The summed E-state index contributed by atoms with van der Waals surface area (Å²) in [7, 11) is 0. The molecular weight excluding hydrogens is 323 g/mol. The maximum Gasteiger partial charge on any atom is 0.461 e. The van der Waals surface area contributed by atoms with E-state index in [0.717, 1.165) is 38.0 Å². The summed E-state index contributed by atoms with van der Waals surface area (Å²) in [5.41, 5.74) is -2.76. The number of piperidine rings is 1. The average Bonchev–Trinajstić information content (AvgIpc) is 2.48. The van der Waals surface area contributed by atoms with Gasteiger partial charge in [-0.3, -0.25) is 4.90 Å². The largest absolute Gasteiger partial charge is 0.461 e. The number of benzene rings is 1. The highest BCUT2D eigenvalue weighted by molar-refractivity contribution is 8.01. The van der Waals surface area contributed by atoms with Gasteiger partial charge in [-0.05, 0) is 49.0 Å². The standard InChI is InChI=1S/C16H20F3N3S/c1-15(5-8-20)6-9-22(10-7-15)12-13-3-2-4-14(11-13)21-23-16(17,18)19/h2-4,11,21H,5-7,9-10,12H2,1H3. The minimum atomic E-state index is -4.30. The summed E-state index contributed by atoms with van der Waals surface area (Å²) in [6.07, 6.45) is 2.53. The third-order valence-corrected chi connectivity index (χ3v) is 4.76. The summed E-state index contributed by atoms with van der Waals surface area (Å²) >= 11 is -0.248. The number of rotatable bonds is 5. The molecule has 0 spiro atoms. The lowest BCUT2D eigenvalue weighted by Crippen LogP contribution is -2.38. The van der Waals surface area contributed by atoms with E-state index in [1.165, 1.54) is 0 Å². The third-order valence-electron chi connectivity index (χ3n) is 4.19. The molecule has 23 heavy (non-hydrogen) atoms. The zero-order valence-electron chi connectivity index (χ0n) is 13.0. The highest BCUT2D eigenvalue weighted by Gasteiger charge is 2.30. The predicted octanol–water partition coefficient (Wildman–Crippen LogP) is 4.78. The number of hydrogen-bond donors (Lipinski definition) is 1. The van der Waals surface area contributed by atoms with Crippen molar-refractivity contribution in [3.05, 3.63) is 29.8 Å². The highest BCUT2D eigenvalue weighted by atomic mass is 32.2. The lowest BCUT2D eigenvalue weighted by atomic mass is 9.78. The summed E-state index contributed by atoms with van der Waals surface area (Å²) in [5.74, 6) is 0. The first-order valence-corrected chi connectivity index (χ1v) is 8.30. The van der Waals surface area contributed by atoms with Gasteiger partial charge in [0, 0.05) is 18.7 Å². The molecule has 1 N–H and O–H groups in total. The van der Waals surface area contributed by atoms with Crippen molar-refractivity contribution in [1.82, 2.24) is 4.90 Å². The van der Waals surface area contributed by atoms with E-state index in [1.54, 1.807) is 18.2 Å². The summed E-state index contributed by atoms with van der Waals surface area (Å²) in [6.45, 7) is 4.68. The molecule has 0 amide bonds. The molecule has 0 saturated carbocycles. The van der Waals surface area contributed by atoms with Crippen molar-refractivity contribution in [2.24, 2.45) is 5.41 Å². The maximum atomic E-state index is 12.2. The fourth-order valence-corrected chi connectivity index (χ4v) is 3.09. The maximum absolute atomic E-state index is 12.2. The van der Waals surface area contributed by atoms with Crippen LogP contribution < -0.4 is 4.72 Å². The lowest BCUT2D eigenvalue weighted by molar-refractivity contribution is -0.0323. The highest BCUT2D eigenvalue weighted by Crippen LogP contribution is 2.35. The molecule has 0 unspecified atom stereocenters. The molecule has 1 fully saturated rings. The SMILES string of the molecule is CC1(CC#N)CCN(Cc2cccc(NSC(F)(F)F)c2)CC1. The Bertz CT molecular complexity index is 560. The van der Waals surface area contributed by atoms with E-state index in [9.17, 15) is 13.2 Å². The Kier molecular flexibility index (Phi) is 5.82. The number of nitrogens with one attached hydrogen (secondary N) is 1. The minimum Gasteiger partial charge on any atom is -0.323 e. The number of nitrogens with zero attached hydrogens (tertiary/aromatic N) is 2. The molecule has 2 rings (SSSR count).